The van der Waals surface area contributed by atoms with Crippen LogP contribution in [0.25, 0.3) is 0 Å². The summed E-state index contributed by atoms with van der Waals surface area (Å²) in [6.45, 7) is 2.15. The van der Waals surface area contributed by atoms with E-state index in [4.69, 9.17) is 4.74 Å². The number of nitrogens with one attached hydrogen (secondary N) is 1. The Morgan fingerprint density at radius 1 is 0.964 bits per heavy atom. The molecule has 0 aromatic heterocycles. The highest BCUT2D eigenvalue weighted by atomic mass is 16.5. The number of ether oxygens (including phenoxy) is 1. The van der Waals surface area contributed by atoms with Gasteiger partial charge in [0.2, 0.25) is 5.91 Å². The summed E-state index contributed by atoms with van der Waals surface area (Å²) in [5.74, 6) is 1.71. The van der Waals surface area contributed by atoms with E-state index in [0.717, 1.165) is 49.5 Å². The van der Waals surface area contributed by atoms with Crippen LogP contribution in [0.1, 0.15) is 25.7 Å². The van der Waals surface area contributed by atoms with Gasteiger partial charge in [-0.1, -0.05) is 18.2 Å². The predicted octanol–water partition coefficient (Wildman–Crippen LogP) is 4.10. The molecule has 2 fully saturated rings. The summed E-state index contributed by atoms with van der Waals surface area (Å²) in [4.78, 5) is 28.4. The van der Waals surface area contributed by atoms with Crippen LogP contribution in [0.15, 0.2) is 54.6 Å². The van der Waals surface area contributed by atoms with Gasteiger partial charge in [-0.2, -0.15) is 0 Å². The van der Waals surface area contributed by atoms with Gasteiger partial charge in [0.1, 0.15) is 11.5 Å². The summed E-state index contributed by atoms with van der Waals surface area (Å²) in [7, 11) is 0. The van der Waals surface area contributed by atoms with E-state index in [-0.39, 0.29) is 18.0 Å². The monoisotopic (exact) mass is 379 g/mol. The van der Waals surface area contributed by atoms with Gasteiger partial charge in [0.15, 0.2) is 0 Å². The summed E-state index contributed by atoms with van der Waals surface area (Å²) < 4.78 is 5.78. The number of nitrogens with zero attached hydrogens (tertiary/aromatic N) is 2. The zero-order valence-corrected chi connectivity index (χ0v) is 15.8. The van der Waals surface area contributed by atoms with Crippen LogP contribution < -0.4 is 10.1 Å². The molecule has 2 aromatic rings. The van der Waals surface area contributed by atoms with Crippen LogP contribution in [0.3, 0.4) is 0 Å². The molecule has 3 amide bonds. The molecule has 28 heavy (non-hydrogen) atoms. The van der Waals surface area contributed by atoms with Gasteiger partial charge in [-0.3, -0.25) is 4.79 Å². The van der Waals surface area contributed by atoms with Crippen molar-refractivity contribution in [1.29, 1.82) is 0 Å². The second-order valence-corrected chi connectivity index (χ2v) is 7.30. The summed E-state index contributed by atoms with van der Waals surface area (Å²) in [5, 5.41) is 2.95. The SMILES string of the molecule is O=C(Nc1ccc(Oc2ccccc2)cc1)N1CCC[C@@H](N2CCCC2=O)C1. The van der Waals surface area contributed by atoms with Crippen LogP contribution in [-0.2, 0) is 4.79 Å². The summed E-state index contributed by atoms with van der Waals surface area (Å²) in [6, 6.07) is 17.0. The molecule has 0 spiro atoms. The molecule has 0 saturated carbocycles. The first-order valence-corrected chi connectivity index (χ1v) is 9.87. The van der Waals surface area contributed by atoms with Gasteiger partial charge >= 0.3 is 6.03 Å². The number of para-hydroxylation sites is 1. The molecule has 0 unspecified atom stereocenters. The Bertz CT molecular complexity index is 823. The number of likely N-dealkylation sites (tertiary alicyclic amines) is 2. The quantitative estimate of drug-likeness (QED) is 0.870. The molecule has 2 aliphatic heterocycles. The molecule has 2 heterocycles. The van der Waals surface area contributed by atoms with Crippen molar-refractivity contribution in [3.8, 4) is 11.5 Å². The average Bonchev–Trinajstić information content (AvgIpc) is 3.16. The van der Waals surface area contributed by atoms with Gasteiger partial charge in [0, 0.05) is 37.8 Å². The lowest BCUT2D eigenvalue weighted by Gasteiger charge is -2.37. The Hall–Kier alpha value is -3.02. The Kier molecular flexibility index (Phi) is 5.46. The number of amides is 3. The largest absolute Gasteiger partial charge is 0.457 e. The Morgan fingerprint density at radius 3 is 2.43 bits per heavy atom. The van der Waals surface area contributed by atoms with Crippen molar-refractivity contribution in [3.63, 3.8) is 0 Å². The maximum atomic E-state index is 12.7. The zero-order valence-electron chi connectivity index (χ0n) is 15.8. The topological polar surface area (TPSA) is 61.9 Å². The zero-order chi connectivity index (χ0) is 19.3. The van der Waals surface area contributed by atoms with Gasteiger partial charge in [-0.05, 0) is 55.7 Å². The van der Waals surface area contributed by atoms with E-state index in [2.05, 4.69) is 5.32 Å². The molecule has 2 aliphatic rings. The van der Waals surface area contributed by atoms with Gasteiger partial charge in [0.05, 0.1) is 0 Å². The molecule has 6 heteroatoms. The molecule has 146 valence electrons. The summed E-state index contributed by atoms with van der Waals surface area (Å²) >= 11 is 0. The average molecular weight is 379 g/mol. The first-order valence-electron chi connectivity index (χ1n) is 9.87. The Labute approximate surface area is 165 Å². The van der Waals surface area contributed by atoms with Crippen LogP contribution in [0.2, 0.25) is 0 Å². The van der Waals surface area contributed by atoms with E-state index in [0.29, 0.717) is 13.0 Å². The third-order valence-corrected chi connectivity index (χ3v) is 5.32. The second kappa shape index (κ2) is 8.33. The molecule has 0 radical (unpaired) electrons. The standard InChI is InChI=1S/C22H25N3O3/c26-21-9-5-15-25(21)18-6-4-14-24(16-18)22(27)23-17-10-12-20(13-11-17)28-19-7-2-1-3-8-19/h1-3,7-8,10-13,18H,4-6,9,14-16H2,(H,23,27)/t18-/m1/s1. The third-order valence-electron chi connectivity index (χ3n) is 5.32. The number of piperidine rings is 1. The normalized spacial score (nSPS) is 19.6. The van der Waals surface area contributed by atoms with E-state index in [1.807, 2.05) is 64.4 Å². The molecule has 2 aromatic carbocycles. The second-order valence-electron chi connectivity index (χ2n) is 7.30. The van der Waals surface area contributed by atoms with Gasteiger partial charge in [0.25, 0.3) is 0 Å². The molecular formula is C22H25N3O3. The van der Waals surface area contributed by atoms with Gasteiger partial charge in [-0.25, -0.2) is 4.79 Å². The number of hydrogen-bond acceptors (Lipinski definition) is 3. The number of hydrogen-bond donors (Lipinski definition) is 1. The number of carbonyl (C=O) groups is 2. The van der Waals surface area contributed by atoms with Crippen molar-refractivity contribution in [2.45, 2.75) is 31.7 Å². The molecule has 6 nitrogen and oxygen atoms in total. The Morgan fingerprint density at radius 2 is 1.71 bits per heavy atom. The van der Waals surface area contributed by atoms with E-state index in [1.165, 1.54) is 0 Å². The van der Waals surface area contributed by atoms with Gasteiger partial charge in [-0.15, -0.1) is 0 Å². The number of rotatable bonds is 4. The fourth-order valence-electron chi connectivity index (χ4n) is 3.88. The lowest BCUT2D eigenvalue weighted by Crippen LogP contribution is -2.51. The van der Waals surface area contributed by atoms with Crippen molar-refractivity contribution >= 4 is 17.6 Å². The van der Waals surface area contributed by atoms with Crippen molar-refractivity contribution in [1.82, 2.24) is 9.80 Å². The van der Waals surface area contributed by atoms with E-state index >= 15 is 0 Å². The van der Waals surface area contributed by atoms with Crippen LogP contribution in [0.4, 0.5) is 10.5 Å². The first kappa shape index (κ1) is 18.3. The van der Waals surface area contributed by atoms with E-state index in [9.17, 15) is 9.59 Å². The summed E-state index contributed by atoms with van der Waals surface area (Å²) in [6.07, 6.45) is 3.46. The van der Waals surface area contributed by atoms with Gasteiger partial charge < -0.3 is 19.9 Å². The molecule has 1 N–H and O–H groups in total. The molecule has 1 atom stereocenters. The highest BCUT2D eigenvalue weighted by molar-refractivity contribution is 5.89. The van der Waals surface area contributed by atoms with Crippen molar-refractivity contribution in [2.75, 3.05) is 25.0 Å². The number of benzene rings is 2. The first-order chi connectivity index (χ1) is 13.7. The highest BCUT2D eigenvalue weighted by Gasteiger charge is 2.32. The maximum absolute atomic E-state index is 12.7. The smallest absolute Gasteiger partial charge is 0.321 e. The minimum atomic E-state index is -0.118. The molecular weight excluding hydrogens is 354 g/mol. The third kappa shape index (κ3) is 4.27. The van der Waals surface area contributed by atoms with Crippen molar-refractivity contribution in [2.24, 2.45) is 0 Å². The van der Waals surface area contributed by atoms with Crippen LogP contribution in [0, 0.1) is 0 Å². The van der Waals surface area contributed by atoms with Crippen LogP contribution in [-0.4, -0.2) is 47.4 Å². The lowest BCUT2D eigenvalue weighted by atomic mass is 10.0. The molecule has 0 aliphatic carbocycles. The van der Waals surface area contributed by atoms with Crippen molar-refractivity contribution < 1.29 is 14.3 Å². The summed E-state index contributed by atoms with van der Waals surface area (Å²) in [5.41, 5.74) is 0.727. The van der Waals surface area contributed by atoms with Crippen molar-refractivity contribution in [3.05, 3.63) is 54.6 Å². The fraction of sp³-hybridized carbons (Fsp3) is 0.364. The molecule has 2 saturated heterocycles. The van der Waals surface area contributed by atoms with E-state index < -0.39 is 0 Å². The lowest BCUT2D eigenvalue weighted by molar-refractivity contribution is -0.130. The Balaban J connectivity index is 1.33. The van der Waals surface area contributed by atoms with E-state index in [1.54, 1.807) is 0 Å². The van der Waals surface area contributed by atoms with Crippen LogP contribution in [0.5, 0.6) is 11.5 Å². The number of anilines is 1. The molecule has 0 bridgehead atoms. The predicted molar refractivity (Wildman–Crippen MR) is 108 cm³/mol. The minimum absolute atomic E-state index is 0.118. The highest BCUT2D eigenvalue weighted by Crippen LogP contribution is 2.24. The fourth-order valence-corrected chi connectivity index (χ4v) is 3.88. The molecule has 4 rings (SSSR count). The minimum Gasteiger partial charge on any atom is -0.457 e. The number of carbonyl (C=O) groups excluding carboxylic acids is 2. The number of urea groups is 1. The van der Waals surface area contributed by atoms with Crippen LogP contribution >= 0.6 is 0 Å². The maximum Gasteiger partial charge on any atom is 0.321 e.